The first-order valence-corrected chi connectivity index (χ1v) is 14.2. The summed E-state index contributed by atoms with van der Waals surface area (Å²) in [4.78, 5) is 54.4. The van der Waals surface area contributed by atoms with Crippen LogP contribution < -0.4 is 10.6 Å². The van der Waals surface area contributed by atoms with Gasteiger partial charge in [-0.3, -0.25) is 14.4 Å². The molecule has 4 N–H and O–H groups in total. The zero-order valence-corrected chi connectivity index (χ0v) is 24.6. The fourth-order valence-corrected chi connectivity index (χ4v) is 4.63. The highest BCUT2D eigenvalue weighted by atomic mass is 16.6. The Morgan fingerprint density at radius 2 is 1.71 bits per heavy atom. The van der Waals surface area contributed by atoms with Crippen LogP contribution in [0.2, 0.25) is 0 Å². The summed E-state index contributed by atoms with van der Waals surface area (Å²) in [6.07, 6.45) is 1.38. The van der Waals surface area contributed by atoms with Crippen LogP contribution >= 0.6 is 0 Å². The largest absolute Gasteiger partial charge is 0.508 e. The van der Waals surface area contributed by atoms with E-state index in [4.69, 9.17) is 9.47 Å². The number of esters is 1. The van der Waals surface area contributed by atoms with Gasteiger partial charge in [-0.05, 0) is 82.3 Å². The van der Waals surface area contributed by atoms with E-state index in [1.54, 1.807) is 52.0 Å². The third-order valence-corrected chi connectivity index (χ3v) is 6.73. The zero-order chi connectivity index (χ0) is 30.9. The molecule has 1 aliphatic rings. The maximum Gasteiger partial charge on any atom is 0.408 e. The van der Waals surface area contributed by atoms with Gasteiger partial charge in [0.2, 0.25) is 11.8 Å². The molecule has 0 saturated heterocycles. The van der Waals surface area contributed by atoms with Crippen molar-refractivity contribution in [2.45, 2.75) is 83.5 Å². The molecule has 0 radical (unpaired) electrons. The Morgan fingerprint density at radius 3 is 2.29 bits per heavy atom. The number of ether oxygens (including phenoxy) is 2. The number of phenols is 2. The highest BCUT2D eigenvalue weighted by Gasteiger charge is 2.42. The van der Waals surface area contributed by atoms with Gasteiger partial charge in [0.15, 0.2) is 0 Å². The molecule has 1 aliphatic carbocycles. The van der Waals surface area contributed by atoms with Gasteiger partial charge in [-0.1, -0.05) is 24.3 Å². The number of amides is 3. The lowest BCUT2D eigenvalue weighted by Gasteiger charge is -2.43. The van der Waals surface area contributed by atoms with E-state index in [-0.39, 0.29) is 43.5 Å². The number of aromatic hydroxyl groups is 2. The molecule has 2 aromatic carbocycles. The highest BCUT2D eigenvalue weighted by Crippen LogP contribution is 2.35. The SMILES string of the molecule is CCOC(=O)CCNC(=O)C(c1cccc(O)c1)N(C(=O)C(Cc1ccc(O)cc1)NC(=O)OC(C)(C)C)C1CCC1. The molecule has 42 heavy (non-hydrogen) atoms. The molecule has 2 unspecified atom stereocenters. The number of nitrogens with one attached hydrogen (secondary N) is 2. The minimum atomic E-state index is -1.15. The number of phenolic OH excluding ortho intramolecular Hbond substituents is 2. The zero-order valence-electron chi connectivity index (χ0n) is 24.6. The number of benzene rings is 2. The number of hydrogen-bond acceptors (Lipinski definition) is 8. The molecule has 0 spiro atoms. The van der Waals surface area contributed by atoms with E-state index < -0.39 is 41.6 Å². The van der Waals surface area contributed by atoms with Crippen LogP contribution in [0.25, 0.3) is 0 Å². The van der Waals surface area contributed by atoms with Crippen molar-refractivity contribution in [2.75, 3.05) is 13.2 Å². The van der Waals surface area contributed by atoms with Crippen molar-refractivity contribution in [1.82, 2.24) is 15.5 Å². The Labute approximate surface area is 246 Å². The molecular formula is C31H41N3O8. The van der Waals surface area contributed by atoms with Crippen LogP contribution in [0.1, 0.15) is 70.5 Å². The third-order valence-electron chi connectivity index (χ3n) is 6.73. The molecule has 11 heteroatoms. The quantitative estimate of drug-likeness (QED) is 0.276. The molecule has 0 heterocycles. The predicted octanol–water partition coefficient (Wildman–Crippen LogP) is 3.73. The van der Waals surface area contributed by atoms with Crippen molar-refractivity contribution < 1.29 is 38.9 Å². The molecule has 1 saturated carbocycles. The number of carbonyl (C=O) groups is 4. The van der Waals surface area contributed by atoms with Crippen molar-refractivity contribution in [3.8, 4) is 11.5 Å². The van der Waals surface area contributed by atoms with Gasteiger partial charge in [-0.15, -0.1) is 0 Å². The molecule has 2 aromatic rings. The average Bonchev–Trinajstić information content (AvgIpc) is 2.87. The van der Waals surface area contributed by atoms with E-state index >= 15 is 0 Å². The molecule has 0 aromatic heterocycles. The maximum atomic E-state index is 14.4. The van der Waals surface area contributed by atoms with Crippen LogP contribution in [-0.4, -0.2) is 69.8 Å². The molecular weight excluding hydrogens is 542 g/mol. The lowest BCUT2D eigenvalue weighted by Crippen LogP contribution is -2.58. The molecule has 2 atom stereocenters. The predicted molar refractivity (Wildman–Crippen MR) is 155 cm³/mol. The Bertz CT molecular complexity index is 1240. The second-order valence-electron chi connectivity index (χ2n) is 11.2. The summed E-state index contributed by atoms with van der Waals surface area (Å²) in [5.74, 6) is -1.53. The van der Waals surface area contributed by atoms with Gasteiger partial charge in [-0.2, -0.15) is 0 Å². The van der Waals surface area contributed by atoms with Crippen molar-refractivity contribution in [1.29, 1.82) is 0 Å². The summed E-state index contributed by atoms with van der Waals surface area (Å²) in [5.41, 5.74) is 0.236. The molecule has 228 valence electrons. The number of carbonyl (C=O) groups excluding carboxylic acids is 4. The summed E-state index contributed by atoms with van der Waals surface area (Å²) >= 11 is 0. The standard InChI is InChI=1S/C31H41N3O8/c1-5-41-26(37)16-17-32-28(38)27(21-8-6-11-24(36)19-21)34(22-9-7-10-22)29(39)25(33-30(40)42-31(2,3)4)18-20-12-14-23(35)15-13-20/h6,8,11-15,19,22,25,27,35-36H,5,7,9-10,16-18H2,1-4H3,(H,32,38)(H,33,40). The lowest BCUT2D eigenvalue weighted by molar-refractivity contribution is -0.148. The number of alkyl carbamates (subject to hydrolysis) is 1. The summed E-state index contributed by atoms with van der Waals surface area (Å²) in [6.45, 7) is 7.03. The first kappa shape index (κ1) is 32.2. The third kappa shape index (κ3) is 9.39. The van der Waals surface area contributed by atoms with Crippen LogP contribution in [0, 0.1) is 0 Å². The van der Waals surface area contributed by atoms with Gasteiger partial charge in [-0.25, -0.2) is 4.79 Å². The normalized spacial score (nSPS) is 14.6. The Morgan fingerprint density at radius 1 is 1.02 bits per heavy atom. The highest BCUT2D eigenvalue weighted by molar-refractivity contribution is 5.92. The van der Waals surface area contributed by atoms with Gasteiger partial charge in [0.05, 0.1) is 13.0 Å². The fourth-order valence-electron chi connectivity index (χ4n) is 4.63. The first-order valence-electron chi connectivity index (χ1n) is 14.2. The Kier molecular flexibility index (Phi) is 11.2. The summed E-state index contributed by atoms with van der Waals surface area (Å²) in [6, 6.07) is 9.81. The van der Waals surface area contributed by atoms with E-state index in [1.165, 1.54) is 29.2 Å². The molecule has 3 amide bonds. The Hall–Kier alpha value is -4.28. The smallest absolute Gasteiger partial charge is 0.408 e. The molecule has 3 rings (SSSR count). The van der Waals surface area contributed by atoms with E-state index in [0.717, 1.165) is 6.42 Å². The second-order valence-corrected chi connectivity index (χ2v) is 11.2. The second kappa shape index (κ2) is 14.6. The summed E-state index contributed by atoms with van der Waals surface area (Å²) < 4.78 is 10.4. The number of nitrogens with zero attached hydrogens (tertiary/aromatic N) is 1. The van der Waals surface area contributed by atoms with Crippen LogP contribution in [0.4, 0.5) is 4.79 Å². The monoisotopic (exact) mass is 583 g/mol. The minimum Gasteiger partial charge on any atom is -0.508 e. The van der Waals surface area contributed by atoms with Gasteiger partial charge >= 0.3 is 12.1 Å². The van der Waals surface area contributed by atoms with Gasteiger partial charge < -0.3 is 35.2 Å². The van der Waals surface area contributed by atoms with E-state index in [2.05, 4.69) is 10.6 Å². The lowest BCUT2D eigenvalue weighted by atomic mass is 9.87. The molecule has 1 fully saturated rings. The molecule has 11 nitrogen and oxygen atoms in total. The van der Waals surface area contributed by atoms with Gasteiger partial charge in [0.25, 0.3) is 0 Å². The Balaban J connectivity index is 1.98. The fraction of sp³-hybridized carbons (Fsp3) is 0.484. The minimum absolute atomic E-state index is 0.00717. The number of hydrogen-bond donors (Lipinski definition) is 4. The van der Waals surface area contributed by atoms with E-state index in [1.807, 2.05) is 0 Å². The summed E-state index contributed by atoms with van der Waals surface area (Å²) in [5, 5.41) is 25.4. The molecule has 0 bridgehead atoms. The first-order chi connectivity index (χ1) is 19.9. The average molecular weight is 584 g/mol. The summed E-state index contributed by atoms with van der Waals surface area (Å²) in [7, 11) is 0. The van der Waals surface area contributed by atoms with Gasteiger partial charge in [0.1, 0.15) is 29.2 Å². The van der Waals surface area contributed by atoms with Crippen LogP contribution in [0.15, 0.2) is 48.5 Å². The van der Waals surface area contributed by atoms with Crippen LogP contribution in [0.3, 0.4) is 0 Å². The molecule has 0 aliphatic heterocycles. The van der Waals surface area contributed by atoms with E-state index in [9.17, 15) is 29.4 Å². The van der Waals surface area contributed by atoms with Crippen molar-refractivity contribution in [3.05, 3.63) is 59.7 Å². The van der Waals surface area contributed by atoms with Crippen molar-refractivity contribution in [2.24, 2.45) is 0 Å². The van der Waals surface area contributed by atoms with Crippen LogP contribution in [0.5, 0.6) is 11.5 Å². The van der Waals surface area contributed by atoms with Gasteiger partial charge in [0, 0.05) is 19.0 Å². The topological polar surface area (TPSA) is 154 Å². The van der Waals surface area contributed by atoms with Crippen LogP contribution in [-0.2, 0) is 30.3 Å². The number of rotatable bonds is 12. The maximum absolute atomic E-state index is 14.4. The van der Waals surface area contributed by atoms with Crippen molar-refractivity contribution >= 4 is 23.9 Å². The van der Waals surface area contributed by atoms with Crippen molar-refractivity contribution in [3.63, 3.8) is 0 Å². The van der Waals surface area contributed by atoms with E-state index in [0.29, 0.717) is 24.0 Å².